The van der Waals surface area contributed by atoms with Crippen LogP contribution >= 0.6 is 0 Å². The van der Waals surface area contributed by atoms with Crippen LogP contribution in [0.2, 0.25) is 0 Å². The van der Waals surface area contributed by atoms with E-state index < -0.39 is 16.0 Å². The lowest BCUT2D eigenvalue weighted by Gasteiger charge is -2.27. The van der Waals surface area contributed by atoms with Crippen molar-refractivity contribution in [1.82, 2.24) is 0 Å². The van der Waals surface area contributed by atoms with Gasteiger partial charge in [-0.2, -0.15) is 0 Å². The van der Waals surface area contributed by atoms with Crippen LogP contribution in [0.15, 0.2) is 23.1 Å². The Morgan fingerprint density at radius 1 is 1.38 bits per heavy atom. The fourth-order valence-electron chi connectivity index (χ4n) is 2.65. The number of ether oxygens (including phenoxy) is 1. The van der Waals surface area contributed by atoms with E-state index in [4.69, 9.17) is 9.88 Å². The van der Waals surface area contributed by atoms with Gasteiger partial charge in [0.1, 0.15) is 0 Å². The van der Waals surface area contributed by atoms with E-state index in [-0.39, 0.29) is 16.5 Å². The number of anilines is 1. The third kappa shape index (κ3) is 3.03. The molecule has 6 nitrogen and oxygen atoms in total. The van der Waals surface area contributed by atoms with Crippen LogP contribution in [0, 0.1) is 5.92 Å². The quantitative estimate of drug-likeness (QED) is 0.851. The summed E-state index contributed by atoms with van der Waals surface area (Å²) in [6, 6.07) is 4.60. The summed E-state index contributed by atoms with van der Waals surface area (Å²) in [7, 11) is -2.59. The minimum atomic E-state index is -3.86. The molecule has 21 heavy (non-hydrogen) atoms. The molecule has 1 saturated heterocycles. The first-order valence-corrected chi connectivity index (χ1v) is 8.32. The van der Waals surface area contributed by atoms with Gasteiger partial charge in [-0.15, -0.1) is 0 Å². The Balaban J connectivity index is 2.53. The third-order valence-corrected chi connectivity index (χ3v) is 5.06. The molecule has 0 radical (unpaired) electrons. The van der Waals surface area contributed by atoms with E-state index in [0.29, 0.717) is 11.6 Å². The maximum absolute atomic E-state index is 12.0. The van der Waals surface area contributed by atoms with Gasteiger partial charge in [-0.25, -0.2) is 18.4 Å². The molecule has 1 aliphatic heterocycles. The molecule has 1 heterocycles. The van der Waals surface area contributed by atoms with Crippen molar-refractivity contribution >= 4 is 21.7 Å². The van der Waals surface area contributed by atoms with E-state index in [1.807, 2.05) is 0 Å². The maximum Gasteiger partial charge on any atom is 0.340 e. The predicted molar refractivity (Wildman–Crippen MR) is 79.7 cm³/mol. The Labute approximate surface area is 124 Å². The number of carbonyl (C=O) groups is 1. The highest BCUT2D eigenvalue weighted by molar-refractivity contribution is 7.89. The Morgan fingerprint density at radius 2 is 2.05 bits per heavy atom. The Morgan fingerprint density at radius 3 is 2.52 bits per heavy atom. The topological polar surface area (TPSA) is 89.7 Å². The lowest BCUT2D eigenvalue weighted by Crippen LogP contribution is -2.30. The van der Waals surface area contributed by atoms with Crippen molar-refractivity contribution in [3.05, 3.63) is 23.8 Å². The fraction of sp³-hybridized carbons (Fsp3) is 0.500. The summed E-state index contributed by atoms with van der Waals surface area (Å²) in [6.07, 6.45) is 1.03. The van der Waals surface area contributed by atoms with Crippen LogP contribution in [0.4, 0.5) is 5.69 Å². The van der Waals surface area contributed by atoms with Crippen molar-refractivity contribution in [3.63, 3.8) is 0 Å². The lowest BCUT2D eigenvalue weighted by atomic mass is 10.0. The maximum atomic E-state index is 12.0. The molecule has 1 aromatic carbocycles. The second-order valence-electron chi connectivity index (χ2n) is 5.42. The molecule has 2 N–H and O–H groups in total. The van der Waals surface area contributed by atoms with Gasteiger partial charge in [0.25, 0.3) is 0 Å². The number of methoxy groups -OCH3 is 1. The third-order valence-electron chi connectivity index (χ3n) is 4.15. The van der Waals surface area contributed by atoms with Gasteiger partial charge in [0.15, 0.2) is 0 Å². The zero-order valence-electron chi connectivity index (χ0n) is 12.4. The van der Waals surface area contributed by atoms with E-state index in [9.17, 15) is 13.2 Å². The number of primary sulfonamides is 1. The Kier molecular flexibility index (Phi) is 4.25. The molecular weight excluding hydrogens is 292 g/mol. The summed E-state index contributed by atoms with van der Waals surface area (Å²) < 4.78 is 27.7. The largest absolute Gasteiger partial charge is 0.465 e. The number of esters is 1. The molecule has 1 aromatic rings. The van der Waals surface area contributed by atoms with E-state index >= 15 is 0 Å². The highest BCUT2D eigenvalue weighted by Crippen LogP contribution is 2.33. The van der Waals surface area contributed by atoms with Crippen molar-refractivity contribution in [2.75, 3.05) is 18.6 Å². The van der Waals surface area contributed by atoms with Gasteiger partial charge in [0.05, 0.1) is 23.3 Å². The molecule has 7 heteroatoms. The lowest BCUT2D eigenvalue weighted by molar-refractivity contribution is 0.0601. The minimum Gasteiger partial charge on any atom is -0.465 e. The van der Waals surface area contributed by atoms with Crippen molar-refractivity contribution < 1.29 is 17.9 Å². The van der Waals surface area contributed by atoms with E-state index in [2.05, 4.69) is 18.7 Å². The minimum absolute atomic E-state index is 0.0912. The van der Waals surface area contributed by atoms with Crippen LogP contribution < -0.4 is 10.0 Å². The van der Waals surface area contributed by atoms with Gasteiger partial charge >= 0.3 is 5.97 Å². The average Bonchev–Trinajstić information content (AvgIpc) is 2.76. The van der Waals surface area contributed by atoms with Crippen molar-refractivity contribution in [2.24, 2.45) is 11.1 Å². The summed E-state index contributed by atoms with van der Waals surface area (Å²) >= 11 is 0. The van der Waals surface area contributed by atoms with Crippen LogP contribution in [0.1, 0.15) is 30.6 Å². The average molecular weight is 312 g/mol. The molecule has 116 valence electrons. The molecule has 1 aliphatic rings. The van der Waals surface area contributed by atoms with Crippen molar-refractivity contribution in [2.45, 2.75) is 31.2 Å². The molecule has 2 rings (SSSR count). The molecule has 0 bridgehead atoms. The van der Waals surface area contributed by atoms with Crippen LogP contribution in [0.25, 0.3) is 0 Å². The first-order chi connectivity index (χ1) is 9.75. The number of benzene rings is 1. The van der Waals surface area contributed by atoms with Crippen molar-refractivity contribution in [1.29, 1.82) is 0 Å². The predicted octanol–water partition coefficient (Wildman–Crippen LogP) is 1.36. The number of sulfonamides is 1. The summed E-state index contributed by atoms with van der Waals surface area (Å²) in [5.74, 6) is -0.0596. The van der Waals surface area contributed by atoms with Crippen LogP contribution in [-0.2, 0) is 14.8 Å². The first-order valence-electron chi connectivity index (χ1n) is 6.77. The normalized spacial score (nSPS) is 22.4. The van der Waals surface area contributed by atoms with E-state index in [1.165, 1.54) is 19.2 Å². The molecule has 0 amide bonds. The molecule has 0 spiro atoms. The highest BCUT2D eigenvalue weighted by atomic mass is 32.2. The zero-order valence-corrected chi connectivity index (χ0v) is 13.2. The molecule has 0 saturated carbocycles. The summed E-state index contributed by atoms with van der Waals surface area (Å²) in [6.45, 7) is 5.06. The van der Waals surface area contributed by atoms with Crippen molar-refractivity contribution in [3.8, 4) is 0 Å². The van der Waals surface area contributed by atoms with Gasteiger partial charge in [0, 0.05) is 12.6 Å². The van der Waals surface area contributed by atoms with Gasteiger partial charge in [-0.3, -0.25) is 0 Å². The number of carbonyl (C=O) groups excluding carboxylic acids is 1. The first kappa shape index (κ1) is 15.8. The number of nitrogens with zero attached hydrogens (tertiary/aromatic N) is 1. The standard InChI is InChI=1S/C14H20N2O4S/c1-9-6-7-16(10(9)2)13-5-4-11(21(15,18)19)8-12(13)14(17)20-3/h4-5,8-10H,6-7H2,1-3H3,(H2,15,18,19). The van der Waals surface area contributed by atoms with Crippen LogP contribution in [0.5, 0.6) is 0 Å². The Bertz CT molecular complexity index is 657. The summed E-state index contributed by atoms with van der Waals surface area (Å²) in [5, 5.41) is 5.13. The molecule has 2 atom stereocenters. The monoisotopic (exact) mass is 312 g/mol. The molecule has 0 aliphatic carbocycles. The van der Waals surface area contributed by atoms with Crippen LogP contribution in [-0.4, -0.2) is 34.1 Å². The number of hydrogen-bond acceptors (Lipinski definition) is 5. The fourth-order valence-corrected chi connectivity index (χ4v) is 3.19. The molecule has 1 fully saturated rings. The number of hydrogen-bond donors (Lipinski definition) is 1. The van der Waals surface area contributed by atoms with Gasteiger partial charge in [-0.05, 0) is 37.5 Å². The smallest absolute Gasteiger partial charge is 0.340 e. The molecule has 0 aromatic heterocycles. The van der Waals surface area contributed by atoms with Crippen LogP contribution in [0.3, 0.4) is 0 Å². The van der Waals surface area contributed by atoms with Gasteiger partial charge < -0.3 is 9.64 Å². The van der Waals surface area contributed by atoms with Gasteiger partial charge in [-0.1, -0.05) is 6.92 Å². The van der Waals surface area contributed by atoms with Gasteiger partial charge in [0.2, 0.25) is 10.0 Å². The Hall–Kier alpha value is -1.60. The number of nitrogens with two attached hydrogens (primary N) is 1. The SMILES string of the molecule is COC(=O)c1cc(S(N)(=O)=O)ccc1N1CCC(C)C1C. The van der Waals surface area contributed by atoms with E-state index in [1.54, 1.807) is 6.07 Å². The summed E-state index contributed by atoms with van der Waals surface area (Å²) in [5.41, 5.74) is 0.913. The molecule has 2 unspecified atom stereocenters. The number of rotatable bonds is 3. The molecular formula is C14H20N2O4S. The second kappa shape index (κ2) is 5.65. The highest BCUT2D eigenvalue weighted by Gasteiger charge is 2.30. The van der Waals surface area contributed by atoms with E-state index in [0.717, 1.165) is 13.0 Å². The zero-order chi connectivity index (χ0) is 15.8. The second-order valence-corrected chi connectivity index (χ2v) is 6.98. The summed E-state index contributed by atoms with van der Waals surface area (Å²) in [4.78, 5) is 14.0.